The molecule has 4 heteroatoms. The van der Waals surface area contributed by atoms with E-state index >= 15 is 0 Å². The summed E-state index contributed by atoms with van der Waals surface area (Å²) >= 11 is 5.08. The normalized spacial score (nSPS) is 12.6. The second-order valence-electron chi connectivity index (χ2n) is 3.78. The summed E-state index contributed by atoms with van der Waals surface area (Å²) in [5.41, 5.74) is 10.3. The quantitative estimate of drug-likeness (QED) is 0.942. The number of benzene rings is 1. The molecule has 2 aromatic rings. The van der Waals surface area contributed by atoms with Crippen molar-refractivity contribution in [3.8, 4) is 0 Å². The van der Waals surface area contributed by atoms with Crippen molar-refractivity contribution in [3.05, 3.63) is 50.9 Å². The first-order valence-electron chi connectivity index (χ1n) is 5.11. The monoisotopic (exact) mass is 296 g/mol. The van der Waals surface area contributed by atoms with Gasteiger partial charge >= 0.3 is 0 Å². The van der Waals surface area contributed by atoms with Crippen molar-refractivity contribution in [2.45, 2.75) is 18.9 Å². The van der Waals surface area contributed by atoms with Crippen molar-refractivity contribution < 1.29 is 0 Å². The molecule has 0 radical (unpaired) electrons. The van der Waals surface area contributed by atoms with Crippen LogP contribution in [0.5, 0.6) is 0 Å². The lowest BCUT2D eigenvalue weighted by Crippen LogP contribution is -2.25. The van der Waals surface area contributed by atoms with E-state index < -0.39 is 0 Å². The van der Waals surface area contributed by atoms with E-state index in [1.807, 2.05) is 17.6 Å². The van der Waals surface area contributed by atoms with Gasteiger partial charge < -0.3 is 5.73 Å². The molecule has 0 saturated carbocycles. The van der Waals surface area contributed by atoms with Gasteiger partial charge in [-0.2, -0.15) is 0 Å². The molecule has 0 amide bonds. The third-order valence-corrected chi connectivity index (χ3v) is 3.47. The summed E-state index contributed by atoms with van der Waals surface area (Å²) in [6, 6.07) is 8.41. The first-order chi connectivity index (χ1) is 7.74. The number of halogens is 1. The van der Waals surface area contributed by atoms with Crippen LogP contribution < -0.4 is 5.73 Å². The van der Waals surface area contributed by atoms with E-state index in [9.17, 15) is 0 Å². The van der Waals surface area contributed by atoms with Crippen molar-refractivity contribution in [3.63, 3.8) is 0 Å². The van der Waals surface area contributed by atoms with Gasteiger partial charge in [0.15, 0.2) is 0 Å². The summed E-state index contributed by atoms with van der Waals surface area (Å²) in [6.45, 7) is 0. The molecule has 1 aromatic carbocycles. The smallest absolute Gasteiger partial charge is 0.0794 e. The zero-order valence-corrected chi connectivity index (χ0v) is 11.2. The SMILES string of the molecule is NC(Cc1cccc(Br)c1)Cc1cscn1. The topological polar surface area (TPSA) is 38.9 Å². The van der Waals surface area contributed by atoms with E-state index in [2.05, 4.69) is 38.4 Å². The Hall–Kier alpha value is -0.710. The van der Waals surface area contributed by atoms with Crippen LogP contribution in [0.4, 0.5) is 0 Å². The summed E-state index contributed by atoms with van der Waals surface area (Å²) in [5.74, 6) is 0. The van der Waals surface area contributed by atoms with Crippen LogP contribution in [0.1, 0.15) is 11.3 Å². The number of nitrogens with two attached hydrogens (primary N) is 1. The number of nitrogens with zero attached hydrogens (tertiary/aromatic N) is 1. The van der Waals surface area contributed by atoms with Crippen molar-refractivity contribution in [2.24, 2.45) is 5.73 Å². The van der Waals surface area contributed by atoms with Gasteiger partial charge in [-0.05, 0) is 24.1 Å². The van der Waals surface area contributed by atoms with Gasteiger partial charge in [-0.1, -0.05) is 28.1 Å². The number of hydrogen-bond donors (Lipinski definition) is 1. The molecular weight excluding hydrogens is 284 g/mol. The van der Waals surface area contributed by atoms with Gasteiger partial charge in [0, 0.05) is 22.3 Å². The van der Waals surface area contributed by atoms with Gasteiger partial charge in [-0.25, -0.2) is 4.98 Å². The molecule has 0 saturated heterocycles. The lowest BCUT2D eigenvalue weighted by Gasteiger charge is -2.10. The Balaban J connectivity index is 1.94. The Bertz CT molecular complexity index is 442. The number of hydrogen-bond acceptors (Lipinski definition) is 3. The molecule has 0 aliphatic heterocycles. The molecule has 1 heterocycles. The van der Waals surface area contributed by atoms with E-state index in [-0.39, 0.29) is 6.04 Å². The standard InChI is InChI=1S/C12H13BrN2S/c13-10-3-1-2-9(4-10)5-11(14)6-12-7-16-8-15-12/h1-4,7-8,11H,5-6,14H2. The van der Waals surface area contributed by atoms with Crippen LogP contribution in [0.2, 0.25) is 0 Å². The molecule has 2 nitrogen and oxygen atoms in total. The molecule has 1 aromatic heterocycles. The maximum absolute atomic E-state index is 6.10. The van der Waals surface area contributed by atoms with E-state index in [0.29, 0.717) is 0 Å². The van der Waals surface area contributed by atoms with E-state index in [1.165, 1.54) is 5.56 Å². The largest absolute Gasteiger partial charge is 0.327 e. The van der Waals surface area contributed by atoms with Gasteiger partial charge in [0.25, 0.3) is 0 Å². The molecule has 84 valence electrons. The average Bonchev–Trinajstić information content (AvgIpc) is 2.70. The predicted octanol–water partition coefficient (Wildman–Crippen LogP) is 3.02. The summed E-state index contributed by atoms with van der Waals surface area (Å²) < 4.78 is 1.10. The number of aromatic nitrogens is 1. The Morgan fingerprint density at radius 3 is 2.94 bits per heavy atom. The van der Waals surface area contributed by atoms with Crippen LogP contribution >= 0.6 is 27.3 Å². The maximum atomic E-state index is 6.10. The lowest BCUT2D eigenvalue weighted by molar-refractivity contribution is 0.656. The zero-order chi connectivity index (χ0) is 11.4. The zero-order valence-electron chi connectivity index (χ0n) is 8.77. The van der Waals surface area contributed by atoms with Gasteiger partial charge in [-0.15, -0.1) is 11.3 Å². The van der Waals surface area contributed by atoms with Crippen LogP contribution in [0.15, 0.2) is 39.6 Å². The maximum Gasteiger partial charge on any atom is 0.0794 e. The van der Waals surface area contributed by atoms with Gasteiger partial charge in [0.2, 0.25) is 0 Å². The lowest BCUT2D eigenvalue weighted by atomic mass is 10.0. The van der Waals surface area contributed by atoms with Crippen molar-refractivity contribution in [2.75, 3.05) is 0 Å². The fourth-order valence-corrected chi connectivity index (χ4v) is 2.66. The Kier molecular flexibility index (Phi) is 4.09. The molecule has 2 N–H and O–H groups in total. The first kappa shape index (κ1) is 11.8. The molecule has 1 atom stereocenters. The van der Waals surface area contributed by atoms with Crippen LogP contribution in [0.25, 0.3) is 0 Å². The van der Waals surface area contributed by atoms with Gasteiger partial charge in [0.05, 0.1) is 11.2 Å². The van der Waals surface area contributed by atoms with E-state index in [4.69, 9.17) is 5.73 Å². The molecule has 0 spiro atoms. The van der Waals surface area contributed by atoms with Crippen LogP contribution in [0, 0.1) is 0 Å². The molecule has 16 heavy (non-hydrogen) atoms. The van der Waals surface area contributed by atoms with Crippen LogP contribution in [0.3, 0.4) is 0 Å². The highest BCUT2D eigenvalue weighted by Gasteiger charge is 2.06. The van der Waals surface area contributed by atoms with Crippen LogP contribution in [-0.2, 0) is 12.8 Å². The Labute approximate surface area is 108 Å². The molecule has 0 aliphatic carbocycles. The molecule has 2 rings (SSSR count). The minimum Gasteiger partial charge on any atom is -0.327 e. The highest BCUT2D eigenvalue weighted by Crippen LogP contribution is 2.14. The van der Waals surface area contributed by atoms with Gasteiger partial charge in [-0.3, -0.25) is 0 Å². The summed E-state index contributed by atoms with van der Waals surface area (Å²) in [7, 11) is 0. The minimum absolute atomic E-state index is 0.136. The number of thiazole rings is 1. The second-order valence-corrected chi connectivity index (χ2v) is 5.41. The third kappa shape index (κ3) is 3.40. The fraction of sp³-hybridized carbons (Fsp3) is 0.250. The Morgan fingerprint density at radius 2 is 2.25 bits per heavy atom. The molecular formula is C12H13BrN2S. The first-order valence-corrected chi connectivity index (χ1v) is 6.84. The highest BCUT2D eigenvalue weighted by molar-refractivity contribution is 9.10. The highest BCUT2D eigenvalue weighted by atomic mass is 79.9. The predicted molar refractivity (Wildman–Crippen MR) is 71.6 cm³/mol. The third-order valence-electron chi connectivity index (χ3n) is 2.34. The summed E-state index contributed by atoms with van der Waals surface area (Å²) in [4.78, 5) is 4.24. The minimum atomic E-state index is 0.136. The summed E-state index contributed by atoms with van der Waals surface area (Å²) in [5, 5.41) is 2.06. The fourth-order valence-electron chi connectivity index (χ4n) is 1.65. The molecule has 1 unspecified atom stereocenters. The van der Waals surface area contributed by atoms with Crippen molar-refractivity contribution in [1.29, 1.82) is 0 Å². The molecule has 0 bridgehead atoms. The summed E-state index contributed by atoms with van der Waals surface area (Å²) in [6.07, 6.45) is 1.73. The van der Waals surface area contributed by atoms with Crippen molar-refractivity contribution in [1.82, 2.24) is 4.98 Å². The van der Waals surface area contributed by atoms with Gasteiger partial charge in [0.1, 0.15) is 0 Å². The van der Waals surface area contributed by atoms with E-state index in [1.54, 1.807) is 11.3 Å². The van der Waals surface area contributed by atoms with Crippen LogP contribution in [-0.4, -0.2) is 11.0 Å². The number of rotatable bonds is 4. The second kappa shape index (κ2) is 5.57. The average molecular weight is 297 g/mol. The van der Waals surface area contributed by atoms with Crippen molar-refractivity contribution >= 4 is 27.3 Å². The Morgan fingerprint density at radius 1 is 1.38 bits per heavy atom. The molecule has 0 fully saturated rings. The van der Waals surface area contributed by atoms with E-state index in [0.717, 1.165) is 23.0 Å². The molecule has 0 aliphatic rings.